The van der Waals surface area contributed by atoms with E-state index in [2.05, 4.69) is 12.2 Å². The van der Waals surface area contributed by atoms with E-state index in [1.54, 1.807) is 14.2 Å². The second-order valence-electron chi connectivity index (χ2n) is 4.42. The summed E-state index contributed by atoms with van der Waals surface area (Å²) in [4.78, 5) is 0. The highest BCUT2D eigenvalue weighted by Gasteiger charge is 2.12. The average Bonchev–Trinajstić information content (AvgIpc) is 2.47. The summed E-state index contributed by atoms with van der Waals surface area (Å²) in [5.41, 5.74) is 0.999. The summed E-state index contributed by atoms with van der Waals surface area (Å²) in [6, 6.07) is 3.82. The molecule has 20 heavy (non-hydrogen) atoms. The molecule has 4 nitrogen and oxygen atoms in total. The molecule has 0 saturated heterocycles. The summed E-state index contributed by atoms with van der Waals surface area (Å²) in [5.74, 6) is 1.23. The van der Waals surface area contributed by atoms with Crippen molar-refractivity contribution in [3.8, 4) is 11.5 Å². The summed E-state index contributed by atoms with van der Waals surface area (Å²) < 4.78 is 15.9. The molecule has 0 unspecified atom stereocenters. The molecule has 0 saturated carbocycles. The minimum absolute atomic E-state index is 0.583. The van der Waals surface area contributed by atoms with Crippen LogP contribution in [0.3, 0.4) is 0 Å². The van der Waals surface area contributed by atoms with Crippen molar-refractivity contribution >= 4 is 11.6 Å². The zero-order valence-corrected chi connectivity index (χ0v) is 13.3. The number of ether oxygens (including phenoxy) is 3. The minimum Gasteiger partial charge on any atom is -0.493 e. The number of nitrogens with one attached hydrogen (secondary N) is 1. The molecule has 1 aromatic rings. The van der Waals surface area contributed by atoms with Crippen LogP contribution >= 0.6 is 11.6 Å². The van der Waals surface area contributed by atoms with E-state index in [9.17, 15) is 0 Å². The van der Waals surface area contributed by atoms with Crippen molar-refractivity contribution in [3.05, 3.63) is 22.7 Å². The fraction of sp³-hybridized carbons (Fsp3) is 0.600. The number of methoxy groups -OCH3 is 2. The summed E-state index contributed by atoms with van der Waals surface area (Å²) >= 11 is 6.30. The molecule has 0 aliphatic rings. The van der Waals surface area contributed by atoms with Crippen LogP contribution in [0.25, 0.3) is 0 Å². The van der Waals surface area contributed by atoms with Gasteiger partial charge in [0.1, 0.15) is 0 Å². The van der Waals surface area contributed by atoms with Gasteiger partial charge in [-0.05, 0) is 31.0 Å². The van der Waals surface area contributed by atoms with Gasteiger partial charge in [-0.1, -0.05) is 24.6 Å². The number of benzene rings is 1. The molecular weight excluding hydrogens is 278 g/mol. The summed E-state index contributed by atoms with van der Waals surface area (Å²) in [6.07, 6.45) is 2.06. The predicted octanol–water partition coefficient (Wildman–Crippen LogP) is 3.26. The van der Waals surface area contributed by atoms with Crippen molar-refractivity contribution in [2.24, 2.45) is 0 Å². The van der Waals surface area contributed by atoms with E-state index in [1.807, 2.05) is 12.1 Å². The van der Waals surface area contributed by atoms with Crippen LogP contribution in [0.4, 0.5) is 0 Å². The van der Waals surface area contributed by atoms with Gasteiger partial charge in [0.05, 0.1) is 19.2 Å². The summed E-state index contributed by atoms with van der Waals surface area (Å²) in [6.45, 7) is 5.33. The van der Waals surface area contributed by atoms with Crippen molar-refractivity contribution in [2.75, 3.05) is 34.0 Å². The molecule has 114 valence electrons. The molecule has 0 spiro atoms. The van der Waals surface area contributed by atoms with E-state index in [-0.39, 0.29) is 0 Å². The maximum atomic E-state index is 6.30. The number of rotatable bonds is 10. The molecule has 0 aromatic heterocycles. The van der Waals surface area contributed by atoms with E-state index in [0.717, 1.165) is 38.2 Å². The van der Waals surface area contributed by atoms with Crippen LogP contribution in [0.2, 0.25) is 5.02 Å². The highest BCUT2D eigenvalue weighted by molar-refractivity contribution is 6.33. The molecule has 0 amide bonds. The highest BCUT2D eigenvalue weighted by atomic mass is 35.5. The third-order valence-electron chi connectivity index (χ3n) is 2.87. The van der Waals surface area contributed by atoms with E-state index in [4.69, 9.17) is 25.8 Å². The molecule has 0 radical (unpaired) electrons. The summed E-state index contributed by atoms with van der Waals surface area (Å²) in [7, 11) is 3.19. The van der Waals surface area contributed by atoms with Crippen LogP contribution in [0.5, 0.6) is 11.5 Å². The molecule has 0 atom stereocenters. The van der Waals surface area contributed by atoms with Crippen LogP contribution in [0.15, 0.2) is 12.1 Å². The van der Waals surface area contributed by atoms with Crippen molar-refractivity contribution in [2.45, 2.75) is 26.3 Å². The molecule has 1 aromatic carbocycles. The zero-order valence-electron chi connectivity index (χ0n) is 12.5. The number of hydrogen-bond donors (Lipinski definition) is 1. The van der Waals surface area contributed by atoms with Gasteiger partial charge < -0.3 is 19.5 Å². The van der Waals surface area contributed by atoms with E-state index in [0.29, 0.717) is 23.1 Å². The van der Waals surface area contributed by atoms with Gasteiger partial charge in [0.2, 0.25) is 0 Å². The van der Waals surface area contributed by atoms with Gasteiger partial charge in [-0.25, -0.2) is 0 Å². The lowest BCUT2D eigenvalue weighted by Crippen LogP contribution is -2.17. The topological polar surface area (TPSA) is 39.7 Å². The van der Waals surface area contributed by atoms with Gasteiger partial charge in [-0.3, -0.25) is 0 Å². The smallest absolute Gasteiger partial charge is 0.179 e. The normalized spacial score (nSPS) is 10.6. The molecule has 1 rings (SSSR count). The first-order valence-corrected chi connectivity index (χ1v) is 7.30. The SMILES string of the molecule is CCCOCCCNCc1ccc(OC)c(OC)c1Cl. The third-order valence-corrected chi connectivity index (χ3v) is 3.29. The first-order valence-electron chi connectivity index (χ1n) is 6.92. The summed E-state index contributed by atoms with van der Waals surface area (Å²) in [5, 5.41) is 3.95. The van der Waals surface area contributed by atoms with Gasteiger partial charge >= 0.3 is 0 Å². The molecule has 1 N–H and O–H groups in total. The van der Waals surface area contributed by atoms with Crippen LogP contribution in [-0.4, -0.2) is 34.0 Å². The molecule has 0 aliphatic heterocycles. The zero-order chi connectivity index (χ0) is 14.8. The maximum absolute atomic E-state index is 6.30. The van der Waals surface area contributed by atoms with Crippen LogP contribution < -0.4 is 14.8 Å². The Labute approximate surface area is 126 Å². The first kappa shape index (κ1) is 17.1. The fourth-order valence-corrected chi connectivity index (χ4v) is 2.14. The standard InChI is InChI=1S/C15H24ClNO3/c1-4-9-20-10-5-8-17-11-12-6-7-13(18-2)15(19-3)14(12)16/h6-7,17H,4-5,8-11H2,1-3H3. The van der Waals surface area contributed by atoms with Gasteiger partial charge in [-0.2, -0.15) is 0 Å². The van der Waals surface area contributed by atoms with E-state index in [1.165, 1.54) is 0 Å². The lowest BCUT2D eigenvalue weighted by atomic mass is 10.2. The van der Waals surface area contributed by atoms with Crippen LogP contribution in [0, 0.1) is 0 Å². The largest absolute Gasteiger partial charge is 0.493 e. The maximum Gasteiger partial charge on any atom is 0.179 e. The molecule has 0 bridgehead atoms. The Morgan fingerprint density at radius 2 is 1.95 bits per heavy atom. The predicted molar refractivity (Wildman–Crippen MR) is 82.0 cm³/mol. The van der Waals surface area contributed by atoms with Crippen molar-refractivity contribution < 1.29 is 14.2 Å². The molecule has 0 aliphatic carbocycles. The Morgan fingerprint density at radius 1 is 1.15 bits per heavy atom. The lowest BCUT2D eigenvalue weighted by Gasteiger charge is -2.13. The minimum atomic E-state index is 0.583. The van der Waals surface area contributed by atoms with Gasteiger partial charge in [0, 0.05) is 19.8 Å². The van der Waals surface area contributed by atoms with Crippen LogP contribution in [-0.2, 0) is 11.3 Å². The molecule has 0 heterocycles. The fourth-order valence-electron chi connectivity index (χ4n) is 1.84. The Bertz CT molecular complexity index is 399. The molecule has 0 fully saturated rings. The first-order chi connectivity index (χ1) is 9.74. The Hall–Kier alpha value is -0.970. The molecule has 5 heteroatoms. The Balaban J connectivity index is 2.40. The van der Waals surface area contributed by atoms with Gasteiger partial charge in [0.15, 0.2) is 11.5 Å². The molecular formula is C15H24ClNO3. The number of hydrogen-bond acceptors (Lipinski definition) is 4. The van der Waals surface area contributed by atoms with E-state index >= 15 is 0 Å². The number of halogens is 1. The second-order valence-corrected chi connectivity index (χ2v) is 4.79. The lowest BCUT2D eigenvalue weighted by molar-refractivity contribution is 0.132. The van der Waals surface area contributed by atoms with Crippen molar-refractivity contribution in [3.63, 3.8) is 0 Å². The van der Waals surface area contributed by atoms with Crippen LogP contribution in [0.1, 0.15) is 25.3 Å². The quantitative estimate of drug-likeness (QED) is 0.673. The van der Waals surface area contributed by atoms with Gasteiger partial charge in [-0.15, -0.1) is 0 Å². The van der Waals surface area contributed by atoms with E-state index < -0.39 is 0 Å². The van der Waals surface area contributed by atoms with Crippen molar-refractivity contribution in [1.82, 2.24) is 5.32 Å². The monoisotopic (exact) mass is 301 g/mol. The van der Waals surface area contributed by atoms with Gasteiger partial charge in [0.25, 0.3) is 0 Å². The van der Waals surface area contributed by atoms with Crippen molar-refractivity contribution in [1.29, 1.82) is 0 Å². The Kier molecular flexibility index (Phi) is 8.42. The third kappa shape index (κ3) is 5.19. The Morgan fingerprint density at radius 3 is 2.60 bits per heavy atom. The highest BCUT2D eigenvalue weighted by Crippen LogP contribution is 2.37. The average molecular weight is 302 g/mol. The second kappa shape index (κ2) is 9.86.